The predicted molar refractivity (Wildman–Crippen MR) is 71.9 cm³/mol. The molecule has 1 aromatic carbocycles. The molecule has 1 N–H and O–H groups in total. The number of ether oxygens (including phenoxy) is 1. The lowest BCUT2D eigenvalue weighted by molar-refractivity contribution is -0.147. The third-order valence-electron chi connectivity index (χ3n) is 2.67. The number of esters is 1. The summed E-state index contributed by atoms with van der Waals surface area (Å²) in [7, 11) is 1.42. The van der Waals surface area contributed by atoms with Crippen LogP contribution >= 0.6 is 15.9 Å². The molecule has 0 bridgehead atoms. The predicted octanol–water partition coefficient (Wildman–Crippen LogP) is 2.53. The summed E-state index contributed by atoms with van der Waals surface area (Å²) in [4.78, 5) is 11.8. The average molecular weight is 300 g/mol. The Balaban J connectivity index is 2.86. The number of hydrogen-bond donors (Lipinski definition) is 1. The molecule has 17 heavy (non-hydrogen) atoms. The first-order valence-electron chi connectivity index (χ1n) is 5.59. The number of methoxy groups -OCH3 is 1. The van der Waals surface area contributed by atoms with E-state index in [-0.39, 0.29) is 5.97 Å². The Labute approximate surface area is 111 Å². The summed E-state index contributed by atoms with van der Waals surface area (Å²) in [5, 5.41) is 3.19. The molecule has 1 unspecified atom stereocenters. The van der Waals surface area contributed by atoms with Gasteiger partial charge in [0.1, 0.15) is 5.54 Å². The highest BCUT2D eigenvalue weighted by atomic mass is 79.9. The molecule has 1 atom stereocenters. The van der Waals surface area contributed by atoms with Gasteiger partial charge < -0.3 is 10.1 Å². The third kappa shape index (κ3) is 3.82. The molecule has 0 spiro atoms. The number of likely N-dealkylation sites (N-methyl/N-ethyl adjacent to an activating group) is 1. The standard InChI is InChI=1S/C13H18BrNO2/c1-4-15-13(2,12(16)17-3)9-10-5-7-11(14)8-6-10/h5-8,15H,4,9H2,1-3H3. The number of hydrogen-bond acceptors (Lipinski definition) is 3. The minimum Gasteiger partial charge on any atom is -0.468 e. The maximum atomic E-state index is 11.8. The first-order valence-corrected chi connectivity index (χ1v) is 6.39. The van der Waals surface area contributed by atoms with Gasteiger partial charge in [0.15, 0.2) is 0 Å². The van der Waals surface area contributed by atoms with E-state index in [9.17, 15) is 4.79 Å². The van der Waals surface area contributed by atoms with Gasteiger partial charge in [-0.25, -0.2) is 0 Å². The second-order valence-electron chi connectivity index (χ2n) is 4.16. The molecule has 0 saturated carbocycles. The van der Waals surface area contributed by atoms with E-state index < -0.39 is 5.54 Å². The second-order valence-corrected chi connectivity index (χ2v) is 5.07. The molecule has 1 aromatic rings. The largest absolute Gasteiger partial charge is 0.468 e. The van der Waals surface area contributed by atoms with Gasteiger partial charge in [0.2, 0.25) is 0 Å². The number of carbonyl (C=O) groups excluding carboxylic acids is 1. The normalized spacial score (nSPS) is 14.1. The lowest BCUT2D eigenvalue weighted by atomic mass is 9.93. The van der Waals surface area contributed by atoms with Gasteiger partial charge in [-0.15, -0.1) is 0 Å². The molecule has 0 aliphatic rings. The van der Waals surface area contributed by atoms with Gasteiger partial charge >= 0.3 is 5.97 Å². The molecule has 0 amide bonds. The van der Waals surface area contributed by atoms with Gasteiger partial charge in [0.25, 0.3) is 0 Å². The molecule has 0 aromatic heterocycles. The fourth-order valence-corrected chi connectivity index (χ4v) is 2.10. The first-order chi connectivity index (χ1) is 8.01. The van der Waals surface area contributed by atoms with E-state index in [0.29, 0.717) is 6.42 Å². The highest BCUT2D eigenvalue weighted by molar-refractivity contribution is 9.10. The molecule has 0 radical (unpaired) electrons. The monoisotopic (exact) mass is 299 g/mol. The summed E-state index contributed by atoms with van der Waals surface area (Å²) in [6.45, 7) is 4.56. The van der Waals surface area contributed by atoms with Crippen LogP contribution in [0.2, 0.25) is 0 Å². The lowest BCUT2D eigenvalue weighted by Gasteiger charge is -2.27. The smallest absolute Gasteiger partial charge is 0.326 e. The summed E-state index contributed by atoms with van der Waals surface area (Å²) in [5.74, 6) is -0.234. The van der Waals surface area contributed by atoms with Crippen LogP contribution in [0.25, 0.3) is 0 Å². The molecule has 0 fully saturated rings. The van der Waals surface area contributed by atoms with Crippen LogP contribution in [-0.4, -0.2) is 25.2 Å². The van der Waals surface area contributed by atoms with Crippen LogP contribution in [0.4, 0.5) is 0 Å². The van der Waals surface area contributed by atoms with Gasteiger partial charge in [0.05, 0.1) is 7.11 Å². The van der Waals surface area contributed by atoms with Crippen molar-refractivity contribution in [3.8, 4) is 0 Å². The lowest BCUT2D eigenvalue weighted by Crippen LogP contribution is -2.51. The number of nitrogens with one attached hydrogen (secondary N) is 1. The Morgan fingerprint density at radius 3 is 2.47 bits per heavy atom. The molecule has 0 aliphatic carbocycles. The van der Waals surface area contributed by atoms with Crippen molar-refractivity contribution < 1.29 is 9.53 Å². The van der Waals surface area contributed by atoms with Crippen molar-refractivity contribution in [2.75, 3.05) is 13.7 Å². The Hall–Kier alpha value is -0.870. The van der Waals surface area contributed by atoms with Gasteiger partial charge in [-0.3, -0.25) is 4.79 Å². The Bertz CT molecular complexity index is 378. The average Bonchev–Trinajstić information content (AvgIpc) is 2.31. The zero-order valence-electron chi connectivity index (χ0n) is 10.4. The van der Waals surface area contributed by atoms with Crippen LogP contribution in [0, 0.1) is 0 Å². The molecular formula is C13H18BrNO2. The Kier molecular flexibility index (Phi) is 5.15. The van der Waals surface area contributed by atoms with Crippen LogP contribution in [0.15, 0.2) is 28.7 Å². The van der Waals surface area contributed by atoms with Crippen LogP contribution < -0.4 is 5.32 Å². The van der Waals surface area contributed by atoms with E-state index in [0.717, 1.165) is 16.6 Å². The molecule has 0 heterocycles. The van der Waals surface area contributed by atoms with Crippen LogP contribution in [0.1, 0.15) is 19.4 Å². The van der Waals surface area contributed by atoms with Crippen molar-refractivity contribution in [2.24, 2.45) is 0 Å². The van der Waals surface area contributed by atoms with Crippen molar-refractivity contribution in [3.63, 3.8) is 0 Å². The molecule has 0 saturated heterocycles. The summed E-state index contributed by atoms with van der Waals surface area (Å²) in [6, 6.07) is 7.95. The van der Waals surface area contributed by atoms with Gasteiger partial charge in [-0.2, -0.15) is 0 Å². The first kappa shape index (κ1) is 14.2. The number of benzene rings is 1. The fraction of sp³-hybridized carbons (Fsp3) is 0.462. The highest BCUT2D eigenvalue weighted by Crippen LogP contribution is 2.17. The van der Waals surface area contributed by atoms with Crippen LogP contribution in [0.3, 0.4) is 0 Å². The SMILES string of the molecule is CCNC(C)(Cc1ccc(Br)cc1)C(=O)OC. The Morgan fingerprint density at radius 2 is 2.00 bits per heavy atom. The molecule has 3 nitrogen and oxygen atoms in total. The van der Waals surface area contributed by atoms with Crippen molar-refractivity contribution in [1.29, 1.82) is 0 Å². The fourth-order valence-electron chi connectivity index (χ4n) is 1.83. The quantitative estimate of drug-likeness (QED) is 0.849. The maximum Gasteiger partial charge on any atom is 0.326 e. The van der Waals surface area contributed by atoms with E-state index in [1.807, 2.05) is 38.1 Å². The summed E-state index contributed by atoms with van der Waals surface area (Å²) in [6.07, 6.45) is 0.612. The molecular weight excluding hydrogens is 282 g/mol. The van der Waals surface area contributed by atoms with Crippen molar-refractivity contribution in [3.05, 3.63) is 34.3 Å². The minimum atomic E-state index is -0.669. The van der Waals surface area contributed by atoms with E-state index >= 15 is 0 Å². The van der Waals surface area contributed by atoms with E-state index in [1.165, 1.54) is 7.11 Å². The summed E-state index contributed by atoms with van der Waals surface area (Å²) < 4.78 is 5.89. The Morgan fingerprint density at radius 1 is 1.41 bits per heavy atom. The van der Waals surface area contributed by atoms with Crippen molar-refractivity contribution >= 4 is 21.9 Å². The minimum absolute atomic E-state index is 0.234. The van der Waals surface area contributed by atoms with Crippen molar-refractivity contribution in [1.82, 2.24) is 5.32 Å². The van der Waals surface area contributed by atoms with Gasteiger partial charge in [-0.05, 0) is 31.2 Å². The van der Waals surface area contributed by atoms with E-state index in [4.69, 9.17) is 4.74 Å². The van der Waals surface area contributed by atoms with E-state index in [2.05, 4.69) is 21.2 Å². The number of halogens is 1. The molecule has 0 aliphatic heterocycles. The zero-order valence-corrected chi connectivity index (χ0v) is 12.0. The van der Waals surface area contributed by atoms with Gasteiger partial charge in [-0.1, -0.05) is 35.0 Å². The third-order valence-corrected chi connectivity index (χ3v) is 3.20. The van der Waals surface area contributed by atoms with Crippen LogP contribution in [-0.2, 0) is 16.0 Å². The number of rotatable bonds is 5. The maximum absolute atomic E-state index is 11.8. The highest BCUT2D eigenvalue weighted by Gasteiger charge is 2.33. The summed E-state index contributed by atoms with van der Waals surface area (Å²) in [5.41, 5.74) is 0.430. The summed E-state index contributed by atoms with van der Waals surface area (Å²) >= 11 is 3.39. The van der Waals surface area contributed by atoms with Crippen molar-refractivity contribution in [2.45, 2.75) is 25.8 Å². The zero-order chi connectivity index (χ0) is 12.9. The van der Waals surface area contributed by atoms with E-state index in [1.54, 1.807) is 0 Å². The number of carbonyl (C=O) groups is 1. The second kappa shape index (κ2) is 6.17. The molecule has 94 valence electrons. The molecule has 1 rings (SSSR count). The van der Waals surface area contributed by atoms with Crippen LogP contribution in [0.5, 0.6) is 0 Å². The van der Waals surface area contributed by atoms with Gasteiger partial charge in [0, 0.05) is 10.9 Å². The molecule has 4 heteroatoms. The topological polar surface area (TPSA) is 38.3 Å².